The van der Waals surface area contributed by atoms with Gasteiger partial charge >= 0.3 is 0 Å². The highest BCUT2D eigenvalue weighted by atomic mass is 16.7. The molecular formula is C26H39NO5. The van der Waals surface area contributed by atoms with Crippen molar-refractivity contribution in [1.29, 1.82) is 0 Å². The molecule has 2 bridgehead atoms. The maximum absolute atomic E-state index is 14.1. The van der Waals surface area contributed by atoms with Crippen molar-refractivity contribution < 1.29 is 23.9 Å². The van der Waals surface area contributed by atoms with Gasteiger partial charge in [-0.25, -0.2) is 0 Å². The lowest BCUT2D eigenvalue weighted by atomic mass is 9.61. The van der Waals surface area contributed by atoms with Gasteiger partial charge < -0.3 is 9.47 Å². The zero-order valence-electron chi connectivity index (χ0n) is 20.7. The highest BCUT2D eigenvalue weighted by molar-refractivity contribution is 6.04. The second-order valence-electron chi connectivity index (χ2n) is 12.0. The molecule has 0 radical (unpaired) electrons. The Hall–Kier alpha value is -1.53. The molecule has 178 valence electrons. The molecule has 4 aliphatic rings. The van der Waals surface area contributed by atoms with Crippen LogP contribution in [0.15, 0.2) is 12.2 Å². The van der Waals surface area contributed by atoms with Crippen LogP contribution in [-0.4, -0.2) is 47.5 Å². The Balaban J connectivity index is 1.61. The van der Waals surface area contributed by atoms with Gasteiger partial charge in [-0.05, 0) is 38.5 Å². The maximum atomic E-state index is 14.1. The number of ketones is 1. The summed E-state index contributed by atoms with van der Waals surface area (Å²) in [6.07, 6.45) is 6.62. The normalized spacial score (nSPS) is 41.6. The van der Waals surface area contributed by atoms with Crippen LogP contribution < -0.4 is 0 Å². The van der Waals surface area contributed by atoms with Crippen LogP contribution >= 0.6 is 0 Å². The number of carbonyl (C=O) groups excluding carboxylic acids is 3. The van der Waals surface area contributed by atoms with Crippen molar-refractivity contribution in [3.05, 3.63) is 12.2 Å². The highest BCUT2D eigenvalue weighted by Crippen LogP contribution is 2.62. The van der Waals surface area contributed by atoms with E-state index in [0.717, 1.165) is 12.8 Å². The molecule has 0 unspecified atom stereocenters. The van der Waals surface area contributed by atoms with Crippen molar-refractivity contribution in [2.75, 3.05) is 13.2 Å². The van der Waals surface area contributed by atoms with Crippen LogP contribution in [0.5, 0.6) is 0 Å². The number of imide groups is 1. The predicted molar refractivity (Wildman–Crippen MR) is 120 cm³/mol. The molecule has 2 heterocycles. The molecule has 2 aliphatic heterocycles. The third kappa shape index (κ3) is 3.32. The summed E-state index contributed by atoms with van der Waals surface area (Å²) in [5.74, 6) is -0.980. The zero-order chi connectivity index (χ0) is 23.7. The topological polar surface area (TPSA) is 72.9 Å². The van der Waals surface area contributed by atoms with Crippen LogP contribution in [0.1, 0.15) is 74.1 Å². The second-order valence-corrected chi connectivity index (χ2v) is 12.0. The van der Waals surface area contributed by atoms with Gasteiger partial charge in [-0.1, -0.05) is 46.8 Å². The van der Waals surface area contributed by atoms with E-state index in [2.05, 4.69) is 13.8 Å². The smallest absolute Gasteiger partial charge is 0.236 e. The summed E-state index contributed by atoms with van der Waals surface area (Å²) >= 11 is 0. The lowest BCUT2D eigenvalue weighted by Gasteiger charge is -2.45. The van der Waals surface area contributed by atoms with Crippen LogP contribution in [0, 0.1) is 34.0 Å². The number of fused-ring (bicyclic) bond motifs is 2. The Morgan fingerprint density at radius 3 is 2.19 bits per heavy atom. The lowest BCUT2D eigenvalue weighted by molar-refractivity contribution is -0.256. The molecule has 4 fully saturated rings. The van der Waals surface area contributed by atoms with E-state index in [9.17, 15) is 14.4 Å². The van der Waals surface area contributed by atoms with E-state index >= 15 is 0 Å². The molecule has 0 aromatic carbocycles. The Labute approximate surface area is 192 Å². The summed E-state index contributed by atoms with van der Waals surface area (Å²) in [6.45, 7) is 15.0. The predicted octanol–water partition coefficient (Wildman–Crippen LogP) is 4.13. The number of ether oxygens (including phenoxy) is 2. The number of likely N-dealkylation sites (tertiary alicyclic amines) is 1. The first kappa shape index (κ1) is 23.6. The van der Waals surface area contributed by atoms with Crippen molar-refractivity contribution in [3.8, 4) is 0 Å². The SMILES string of the molecule is C[C@@H]1C(=O)CC[C@](C)(C(=O)N2C(=O)[C@@]3(C)CC[C@@H]2C3(C)C)[C@@H]1/C=C/C1COC(C)(C)OC1. The van der Waals surface area contributed by atoms with E-state index < -0.39 is 16.6 Å². The summed E-state index contributed by atoms with van der Waals surface area (Å²) in [4.78, 5) is 41.7. The number of piperidine rings is 1. The van der Waals surface area contributed by atoms with E-state index in [1.54, 1.807) is 4.90 Å². The molecular weight excluding hydrogens is 406 g/mol. The molecule has 0 spiro atoms. The average molecular weight is 446 g/mol. The summed E-state index contributed by atoms with van der Waals surface area (Å²) in [7, 11) is 0. The molecule has 0 aromatic rings. The van der Waals surface area contributed by atoms with E-state index in [0.29, 0.717) is 26.1 Å². The Morgan fingerprint density at radius 1 is 1.00 bits per heavy atom. The molecule has 6 nitrogen and oxygen atoms in total. The quantitative estimate of drug-likeness (QED) is 0.482. The Morgan fingerprint density at radius 2 is 1.62 bits per heavy atom. The monoisotopic (exact) mass is 445 g/mol. The van der Waals surface area contributed by atoms with Crippen molar-refractivity contribution >= 4 is 17.6 Å². The third-order valence-electron chi connectivity index (χ3n) is 9.44. The van der Waals surface area contributed by atoms with Gasteiger partial charge in [0.05, 0.1) is 24.0 Å². The zero-order valence-corrected chi connectivity index (χ0v) is 20.7. The van der Waals surface area contributed by atoms with Gasteiger partial charge in [0.2, 0.25) is 11.8 Å². The number of amides is 2. The maximum Gasteiger partial charge on any atom is 0.236 e. The molecule has 5 atom stereocenters. The van der Waals surface area contributed by atoms with E-state index in [1.807, 2.05) is 46.8 Å². The molecule has 2 saturated carbocycles. The molecule has 4 rings (SSSR count). The third-order valence-corrected chi connectivity index (χ3v) is 9.44. The number of nitrogens with zero attached hydrogens (tertiary/aromatic N) is 1. The van der Waals surface area contributed by atoms with Crippen LogP contribution in [0.3, 0.4) is 0 Å². The van der Waals surface area contributed by atoms with E-state index in [-0.39, 0.29) is 46.8 Å². The van der Waals surface area contributed by atoms with Gasteiger partial charge in [0.1, 0.15) is 5.78 Å². The number of allylic oxidation sites excluding steroid dienone is 1. The minimum atomic E-state index is -0.786. The number of hydrogen-bond donors (Lipinski definition) is 0. The van der Waals surface area contributed by atoms with Gasteiger partial charge in [-0.3, -0.25) is 19.3 Å². The van der Waals surface area contributed by atoms with Crippen LogP contribution in [0.4, 0.5) is 0 Å². The Bertz CT molecular complexity index is 850. The molecule has 2 aliphatic carbocycles. The largest absolute Gasteiger partial charge is 0.350 e. The lowest BCUT2D eigenvalue weighted by Crippen LogP contribution is -2.55. The van der Waals surface area contributed by atoms with Crippen molar-refractivity contribution in [2.24, 2.45) is 34.0 Å². The fourth-order valence-corrected chi connectivity index (χ4v) is 6.48. The Kier molecular flexibility index (Phi) is 5.53. The minimum absolute atomic E-state index is 0.0337. The molecule has 2 amide bonds. The summed E-state index contributed by atoms with van der Waals surface area (Å²) < 4.78 is 11.5. The number of hydrogen-bond acceptors (Lipinski definition) is 5. The fraction of sp³-hybridized carbons (Fsp3) is 0.808. The van der Waals surface area contributed by atoms with Gasteiger partial charge in [0.25, 0.3) is 0 Å². The molecule has 32 heavy (non-hydrogen) atoms. The van der Waals surface area contributed by atoms with Gasteiger partial charge in [0, 0.05) is 30.2 Å². The number of rotatable bonds is 3. The second kappa shape index (κ2) is 7.49. The van der Waals surface area contributed by atoms with Crippen LogP contribution in [0.2, 0.25) is 0 Å². The average Bonchev–Trinajstić information content (AvgIpc) is 3.04. The molecule has 0 N–H and O–H groups in total. The van der Waals surface area contributed by atoms with Gasteiger partial charge in [0.15, 0.2) is 5.79 Å². The minimum Gasteiger partial charge on any atom is -0.350 e. The summed E-state index contributed by atoms with van der Waals surface area (Å²) in [5.41, 5.74) is -1.51. The van der Waals surface area contributed by atoms with Gasteiger partial charge in [-0.2, -0.15) is 0 Å². The van der Waals surface area contributed by atoms with Crippen molar-refractivity contribution in [1.82, 2.24) is 4.90 Å². The fourth-order valence-electron chi connectivity index (χ4n) is 6.48. The van der Waals surface area contributed by atoms with Crippen LogP contribution in [0.25, 0.3) is 0 Å². The van der Waals surface area contributed by atoms with Crippen molar-refractivity contribution in [3.63, 3.8) is 0 Å². The molecule has 6 heteroatoms. The first-order chi connectivity index (χ1) is 14.7. The van der Waals surface area contributed by atoms with E-state index in [1.165, 1.54) is 0 Å². The summed E-state index contributed by atoms with van der Waals surface area (Å²) in [5, 5.41) is 0. The molecule has 0 aromatic heterocycles. The van der Waals surface area contributed by atoms with E-state index in [4.69, 9.17) is 9.47 Å². The molecule has 2 saturated heterocycles. The van der Waals surface area contributed by atoms with Crippen molar-refractivity contribution in [2.45, 2.75) is 86.0 Å². The number of carbonyl (C=O) groups is 3. The highest BCUT2D eigenvalue weighted by Gasteiger charge is 2.68. The van der Waals surface area contributed by atoms with Gasteiger partial charge in [-0.15, -0.1) is 0 Å². The first-order valence-corrected chi connectivity index (χ1v) is 12.1. The van der Waals surface area contributed by atoms with Crippen LogP contribution in [-0.2, 0) is 23.9 Å². The standard InChI is InChI=1S/C26H39NO5/c1-16-18(9-8-17-14-31-24(4,5)32-15-17)25(6,12-10-19(16)28)21(29)27-20-11-13-26(7,22(27)30)23(20,2)3/h8-9,16-18,20H,10-15H2,1-7H3/b9-8+/t16-,18+,20+,25-,26+/m0/s1. The first-order valence-electron chi connectivity index (χ1n) is 12.1. The summed E-state index contributed by atoms with van der Waals surface area (Å²) in [6, 6.07) is -0.0655. The number of Topliss-reactive ketones (excluding diaryl/α,β-unsaturated/α-hetero) is 1.